The zero-order valence-corrected chi connectivity index (χ0v) is 13.9. The summed E-state index contributed by atoms with van der Waals surface area (Å²) in [5.41, 5.74) is 0.880. The lowest BCUT2D eigenvalue weighted by atomic mass is 10.1. The molecule has 1 aromatic rings. The summed E-state index contributed by atoms with van der Waals surface area (Å²) < 4.78 is 25.5. The van der Waals surface area contributed by atoms with Crippen LogP contribution in [-0.4, -0.2) is 60.1 Å². The molecule has 1 aliphatic rings. The van der Waals surface area contributed by atoms with E-state index in [4.69, 9.17) is 0 Å². The molecule has 0 spiro atoms. The Labute approximate surface area is 131 Å². The Kier molecular flexibility index (Phi) is 5.02. The number of hydrogen-bond donors (Lipinski definition) is 1. The fraction of sp³-hybridized carbons (Fsp3) is 0.571. The van der Waals surface area contributed by atoms with Crippen LogP contribution in [0.3, 0.4) is 0 Å². The summed E-state index contributed by atoms with van der Waals surface area (Å²) in [5, 5.41) is 2.80. The number of rotatable bonds is 5. The molecule has 8 heteroatoms. The Morgan fingerprint density at radius 1 is 1.41 bits per heavy atom. The lowest BCUT2D eigenvalue weighted by Crippen LogP contribution is -2.64. The molecular formula is C14H22N4O3S. The average Bonchev–Trinajstić information content (AvgIpc) is 2.35. The summed E-state index contributed by atoms with van der Waals surface area (Å²) in [5.74, 6) is 0. The fourth-order valence-corrected chi connectivity index (χ4v) is 3.39. The number of hydrogen-bond acceptors (Lipinski definition) is 4. The van der Waals surface area contributed by atoms with Crippen molar-refractivity contribution < 1.29 is 13.2 Å². The minimum Gasteiger partial charge on any atom is -0.336 e. The number of carbonyl (C=O) groups is 1. The molecule has 0 atom stereocenters. The highest BCUT2D eigenvalue weighted by atomic mass is 32.2. The first-order valence-corrected chi connectivity index (χ1v) is 9.03. The van der Waals surface area contributed by atoms with E-state index in [-0.39, 0.29) is 18.1 Å². The van der Waals surface area contributed by atoms with E-state index in [2.05, 4.69) is 10.3 Å². The second-order valence-corrected chi connectivity index (χ2v) is 7.76. The van der Waals surface area contributed by atoms with Gasteiger partial charge in [0.15, 0.2) is 0 Å². The van der Waals surface area contributed by atoms with Crippen molar-refractivity contribution >= 4 is 16.1 Å². The van der Waals surface area contributed by atoms with Gasteiger partial charge in [0, 0.05) is 38.1 Å². The molecule has 1 aliphatic heterocycles. The van der Waals surface area contributed by atoms with Gasteiger partial charge in [0.05, 0.1) is 12.3 Å². The Morgan fingerprint density at radius 2 is 2.00 bits per heavy atom. The van der Waals surface area contributed by atoms with Crippen molar-refractivity contribution in [3.05, 3.63) is 30.1 Å². The number of nitrogens with zero attached hydrogens (tertiary/aromatic N) is 3. The number of pyridine rings is 1. The molecule has 1 saturated heterocycles. The highest BCUT2D eigenvalue weighted by molar-refractivity contribution is 7.88. The topological polar surface area (TPSA) is 82.6 Å². The minimum atomic E-state index is -3.34. The smallest absolute Gasteiger partial charge is 0.317 e. The number of likely N-dealkylation sites (tertiary alicyclic amines) is 1. The van der Waals surface area contributed by atoms with Gasteiger partial charge in [-0.1, -0.05) is 0 Å². The van der Waals surface area contributed by atoms with Gasteiger partial charge >= 0.3 is 6.03 Å². The van der Waals surface area contributed by atoms with E-state index >= 15 is 0 Å². The lowest BCUT2D eigenvalue weighted by molar-refractivity contribution is 0.0973. The highest BCUT2D eigenvalue weighted by Crippen LogP contribution is 2.20. The highest BCUT2D eigenvalue weighted by Gasteiger charge is 2.38. The molecule has 2 amide bonds. The third-order valence-corrected chi connectivity index (χ3v) is 4.76. The van der Waals surface area contributed by atoms with Crippen LogP contribution in [0.2, 0.25) is 0 Å². The quantitative estimate of drug-likeness (QED) is 0.861. The van der Waals surface area contributed by atoms with Crippen molar-refractivity contribution in [3.8, 4) is 0 Å². The first kappa shape index (κ1) is 16.7. The normalized spacial score (nSPS) is 16.0. The van der Waals surface area contributed by atoms with E-state index < -0.39 is 10.0 Å². The lowest BCUT2D eigenvalue weighted by Gasteiger charge is -2.44. The van der Waals surface area contributed by atoms with Gasteiger partial charge in [-0.25, -0.2) is 13.2 Å². The maximum atomic E-state index is 12.0. The molecule has 0 unspecified atom stereocenters. The SMILES string of the molecule is CC(C)NC(=O)N1CC(N(Cc2ccncc2)S(C)(=O)=O)C1. The van der Waals surface area contributed by atoms with Gasteiger partial charge < -0.3 is 10.2 Å². The molecule has 7 nitrogen and oxygen atoms in total. The van der Waals surface area contributed by atoms with Crippen LogP contribution in [0.25, 0.3) is 0 Å². The average molecular weight is 326 g/mol. The molecular weight excluding hydrogens is 304 g/mol. The molecule has 1 aromatic heterocycles. The predicted molar refractivity (Wildman–Crippen MR) is 83.7 cm³/mol. The summed E-state index contributed by atoms with van der Waals surface area (Å²) in [7, 11) is -3.34. The van der Waals surface area contributed by atoms with Crippen molar-refractivity contribution in [2.24, 2.45) is 0 Å². The third-order valence-electron chi connectivity index (χ3n) is 3.48. The van der Waals surface area contributed by atoms with Crippen LogP contribution < -0.4 is 5.32 Å². The van der Waals surface area contributed by atoms with Gasteiger partial charge in [-0.05, 0) is 31.5 Å². The number of nitrogens with one attached hydrogen (secondary N) is 1. The van der Waals surface area contributed by atoms with Crippen LogP contribution in [0.1, 0.15) is 19.4 Å². The molecule has 2 heterocycles. The maximum Gasteiger partial charge on any atom is 0.317 e. The first-order chi connectivity index (χ1) is 10.3. The Bertz CT molecular complexity index is 612. The van der Waals surface area contributed by atoms with E-state index in [0.29, 0.717) is 19.6 Å². The van der Waals surface area contributed by atoms with Crippen LogP contribution >= 0.6 is 0 Å². The van der Waals surface area contributed by atoms with Gasteiger partial charge in [0.2, 0.25) is 10.0 Å². The van der Waals surface area contributed by atoms with Crippen molar-refractivity contribution in [3.63, 3.8) is 0 Å². The minimum absolute atomic E-state index is 0.0642. The van der Waals surface area contributed by atoms with Crippen molar-refractivity contribution in [2.45, 2.75) is 32.5 Å². The number of amides is 2. The molecule has 0 aromatic carbocycles. The number of sulfonamides is 1. The van der Waals surface area contributed by atoms with E-state index in [1.54, 1.807) is 29.4 Å². The molecule has 0 saturated carbocycles. The zero-order chi connectivity index (χ0) is 16.3. The van der Waals surface area contributed by atoms with Gasteiger partial charge in [-0.15, -0.1) is 0 Å². The van der Waals surface area contributed by atoms with Gasteiger partial charge in [-0.2, -0.15) is 4.31 Å². The molecule has 0 radical (unpaired) electrons. The molecule has 2 rings (SSSR count). The Balaban J connectivity index is 2.00. The summed E-state index contributed by atoms with van der Waals surface area (Å²) in [6.07, 6.45) is 4.48. The van der Waals surface area contributed by atoms with Gasteiger partial charge in [0.25, 0.3) is 0 Å². The second-order valence-electron chi connectivity index (χ2n) is 5.83. The summed E-state index contributed by atoms with van der Waals surface area (Å²) >= 11 is 0. The van der Waals surface area contributed by atoms with E-state index in [0.717, 1.165) is 5.56 Å². The van der Waals surface area contributed by atoms with Crippen LogP contribution in [-0.2, 0) is 16.6 Å². The van der Waals surface area contributed by atoms with Crippen molar-refractivity contribution in [1.82, 2.24) is 19.5 Å². The van der Waals surface area contributed by atoms with E-state index in [1.165, 1.54) is 10.6 Å². The number of carbonyl (C=O) groups excluding carboxylic acids is 1. The summed E-state index contributed by atoms with van der Waals surface area (Å²) in [6.45, 7) is 4.90. The summed E-state index contributed by atoms with van der Waals surface area (Å²) in [4.78, 5) is 17.4. The monoisotopic (exact) mass is 326 g/mol. The second kappa shape index (κ2) is 6.62. The van der Waals surface area contributed by atoms with Gasteiger partial charge in [0.1, 0.15) is 0 Å². The molecule has 0 bridgehead atoms. The van der Waals surface area contributed by atoms with Crippen molar-refractivity contribution in [1.29, 1.82) is 0 Å². The Hall–Kier alpha value is -1.67. The van der Waals surface area contributed by atoms with Crippen LogP contribution in [0, 0.1) is 0 Å². The van der Waals surface area contributed by atoms with Crippen LogP contribution in [0.15, 0.2) is 24.5 Å². The van der Waals surface area contributed by atoms with Crippen LogP contribution in [0.5, 0.6) is 0 Å². The summed E-state index contributed by atoms with van der Waals surface area (Å²) in [6, 6.07) is 3.32. The molecule has 1 N–H and O–H groups in total. The third kappa shape index (κ3) is 4.17. The molecule has 1 fully saturated rings. The number of urea groups is 1. The molecule has 22 heavy (non-hydrogen) atoms. The fourth-order valence-electron chi connectivity index (χ4n) is 2.33. The molecule has 122 valence electrons. The standard InChI is InChI=1S/C14H22N4O3S/c1-11(2)16-14(19)17-9-13(10-17)18(22(3,20)21)8-12-4-6-15-7-5-12/h4-7,11,13H,8-10H2,1-3H3,(H,16,19). The van der Waals surface area contributed by atoms with Crippen LogP contribution in [0.4, 0.5) is 4.79 Å². The first-order valence-electron chi connectivity index (χ1n) is 7.18. The maximum absolute atomic E-state index is 12.0. The largest absolute Gasteiger partial charge is 0.336 e. The van der Waals surface area contributed by atoms with Gasteiger partial charge in [-0.3, -0.25) is 4.98 Å². The predicted octanol–water partition coefficient (Wildman–Crippen LogP) is 0.645. The number of aromatic nitrogens is 1. The molecule has 0 aliphatic carbocycles. The van der Waals surface area contributed by atoms with E-state index in [9.17, 15) is 13.2 Å². The van der Waals surface area contributed by atoms with E-state index in [1.807, 2.05) is 13.8 Å². The zero-order valence-electron chi connectivity index (χ0n) is 13.1. The van der Waals surface area contributed by atoms with Crippen molar-refractivity contribution in [2.75, 3.05) is 19.3 Å². The Morgan fingerprint density at radius 3 is 2.50 bits per heavy atom.